The van der Waals surface area contributed by atoms with Gasteiger partial charge in [-0.1, -0.05) is 12.7 Å². The van der Waals surface area contributed by atoms with Gasteiger partial charge in [-0.3, -0.25) is 9.59 Å². The molecule has 1 aliphatic rings. The molecule has 23 heavy (non-hydrogen) atoms. The highest BCUT2D eigenvalue weighted by molar-refractivity contribution is 5.99. The number of esters is 1. The number of rotatable bonds is 5. The predicted octanol–water partition coefficient (Wildman–Crippen LogP) is 1.91. The third kappa shape index (κ3) is 5.23. The molecule has 0 aliphatic carbocycles. The Morgan fingerprint density at radius 3 is 2.39 bits per heavy atom. The fourth-order valence-corrected chi connectivity index (χ4v) is 2.64. The molecular formula is C17H26N2O4. The Labute approximate surface area is 137 Å². The molecule has 0 unspecified atom stereocenters. The van der Waals surface area contributed by atoms with E-state index >= 15 is 0 Å². The van der Waals surface area contributed by atoms with Crippen molar-refractivity contribution in [2.45, 2.75) is 64.6 Å². The van der Waals surface area contributed by atoms with Gasteiger partial charge < -0.3 is 15.0 Å². The minimum absolute atomic E-state index is 0.0398. The van der Waals surface area contributed by atoms with Crippen molar-refractivity contribution < 1.29 is 19.1 Å². The number of nitrogens with one attached hydrogen (secondary N) is 1. The fraction of sp³-hybridized carbons (Fsp3) is 0.588. The van der Waals surface area contributed by atoms with Crippen molar-refractivity contribution in [2.24, 2.45) is 0 Å². The molecule has 128 valence electrons. The van der Waals surface area contributed by atoms with Crippen LogP contribution in [0.3, 0.4) is 0 Å². The minimum atomic E-state index is -0.669. The van der Waals surface area contributed by atoms with Gasteiger partial charge in [0.1, 0.15) is 11.6 Å². The lowest BCUT2D eigenvalue weighted by atomic mass is 10.1. The van der Waals surface area contributed by atoms with E-state index in [0.29, 0.717) is 19.3 Å². The molecule has 1 saturated heterocycles. The molecule has 0 saturated carbocycles. The Morgan fingerprint density at radius 1 is 1.30 bits per heavy atom. The normalized spacial score (nSPS) is 20.8. The topological polar surface area (TPSA) is 75.7 Å². The first kappa shape index (κ1) is 18.9. The number of amides is 2. The molecule has 2 amide bonds. The van der Waals surface area contributed by atoms with Crippen LogP contribution in [0.4, 0.5) is 0 Å². The molecule has 1 heterocycles. The van der Waals surface area contributed by atoms with E-state index in [9.17, 15) is 14.4 Å². The van der Waals surface area contributed by atoms with Gasteiger partial charge in [-0.05, 0) is 40.0 Å². The molecule has 1 rings (SSSR count). The maximum atomic E-state index is 12.6. The average Bonchev–Trinajstić information content (AvgIpc) is 2.79. The summed E-state index contributed by atoms with van der Waals surface area (Å²) in [6, 6.07) is -0.819. The van der Waals surface area contributed by atoms with Crippen LogP contribution in [0.1, 0.15) is 47.0 Å². The molecule has 6 heteroatoms. The summed E-state index contributed by atoms with van der Waals surface area (Å²) < 4.78 is 5.41. The number of likely N-dealkylation sites (tertiary alicyclic amines) is 1. The molecule has 0 aromatic rings. The first-order valence-electron chi connectivity index (χ1n) is 7.69. The van der Waals surface area contributed by atoms with Gasteiger partial charge in [0.2, 0.25) is 5.91 Å². The van der Waals surface area contributed by atoms with Crippen LogP contribution in [0.15, 0.2) is 24.9 Å². The number of nitrogens with zero attached hydrogens (tertiary/aromatic N) is 1. The average molecular weight is 322 g/mol. The second-order valence-corrected chi connectivity index (χ2v) is 6.68. The predicted molar refractivity (Wildman–Crippen MR) is 87.3 cm³/mol. The lowest BCUT2D eigenvalue weighted by molar-refractivity contribution is -0.163. The second-order valence-electron chi connectivity index (χ2n) is 6.68. The zero-order valence-corrected chi connectivity index (χ0v) is 14.3. The summed E-state index contributed by atoms with van der Waals surface area (Å²) >= 11 is 0. The highest BCUT2D eigenvalue weighted by Crippen LogP contribution is 2.29. The largest absolute Gasteiger partial charge is 0.458 e. The van der Waals surface area contributed by atoms with Crippen molar-refractivity contribution in [3.8, 4) is 0 Å². The SMILES string of the molecule is C=CC[C@H]1CC[C@@H](C(=O)OC(C)(C)C)N1C(=O)C(=C)NC(C)=O. The Balaban J connectivity index is 2.99. The summed E-state index contributed by atoms with van der Waals surface area (Å²) in [7, 11) is 0. The molecular weight excluding hydrogens is 296 g/mol. The summed E-state index contributed by atoms with van der Waals surface area (Å²) in [4.78, 5) is 37.6. The van der Waals surface area contributed by atoms with Crippen LogP contribution in [0.25, 0.3) is 0 Å². The standard InChI is InChI=1S/C17H26N2O4/c1-7-8-13-9-10-14(16(22)23-17(4,5)6)19(13)15(21)11(2)18-12(3)20/h7,13-14H,1-2,8-10H2,3-6H3,(H,18,20)/t13-,14-/m0/s1. The molecule has 1 N–H and O–H groups in total. The third-order valence-corrected chi connectivity index (χ3v) is 3.44. The second kappa shape index (κ2) is 7.44. The van der Waals surface area contributed by atoms with Gasteiger partial charge in [-0.2, -0.15) is 0 Å². The van der Waals surface area contributed by atoms with Crippen molar-refractivity contribution in [3.63, 3.8) is 0 Å². The van der Waals surface area contributed by atoms with E-state index in [-0.39, 0.29) is 17.6 Å². The lowest BCUT2D eigenvalue weighted by Gasteiger charge is -2.31. The lowest BCUT2D eigenvalue weighted by Crippen LogP contribution is -2.49. The summed E-state index contributed by atoms with van der Waals surface area (Å²) in [5, 5.41) is 2.39. The Hall–Kier alpha value is -2.11. The van der Waals surface area contributed by atoms with Crippen molar-refractivity contribution >= 4 is 17.8 Å². The van der Waals surface area contributed by atoms with Gasteiger partial charge in [0.25, 0.3) is 5.91 Å². The Bertz CT molecular complexity index is 519. The molecule has 0 bridgehead atoms. The minimum Gasteiger partial charge on any atom is -0.458 e. The number of ether oxygens (including phenoxy) is 1. The van der Waals surface area contributed by atoms with Crippen LogP contribution in [-0.4, -0.2) is 40.4 Å². The highest BCUT2D eigenvalue weighted by atomic mass is 16.6. The number of hydrogen-bond donors (Lipinski definition) is 1. The Morgan fingerprint density at radius 2 is 1.91 bits per heavy atom. The van der Waals surface area contributed by atoms with Gasteiger partial charge in [-0.15, -0.1) is 6.58 Å². The summed E-state index contributed by atoms with van der Waals surface area (Å²) in [5.41, 5.74) is -0.668. The van der Waals surface area contributed by atoms with E-state index < -0.39 is 23.5 Å². The molecule has 0 aromatic heterocycles. The van der Waals surface area contributed by atoms with Crippen LogP contribution in [0.5, 0.6) is 0 Å². The van der Waals surface area contributed by atoms with E-state index in [1.165, 1.54) is 11.8 Å². The number of hydrogen-bond acceptors (Lipinski definition) is 4. The molecule has 0 spiro atoms. The summed E-state index contributed by atoms with van der Waals surface area (Å²) in [6.07, 6.45) is 3.48. The first-order chi connectivity index (χ1) is 10.6. The molecule has 2 atom stereocenters. The van der Waals surface area contributed by atoms with Crippen LogP contribution in [-0.2, 0) is 19.1 Å². The summed E-state index contributed by atoms with van der Waals surface area (Å²) in [6.45, 7) is 13.9. The van der Waals surface area contributed by atoms with E-state index in [4.69, 9.17) is 4.74 Å². The smallest absolute Gasteiger partial charge is 0.329 e. The van der Waals surface area contributed by atoms with Gasteiger partial charge in [0.05, 0.1) is 5.70 Å². The van der Waals surface area contributed by atoms with Crippen molar-refractivity contribution in [1.29, 1.82) is 0 Å². The maximum Gasteiger partial charge on any atom is 0.329 e. The summed E-state index contributed by atoms with van der Waals surface area (Å²) in [5.74, 6) is -1.27. The molecule has 0 radical (unpaired) electrons. The van der Waals surface area contributed by atoms with Gasteiger partial charge in [0.15, 0.2) is 0 Å². The third-order valence-electron chi connectivity index (χ3n) is 3.44. The van der Waals surface area contributed by atoms with Crippen LogP contribution in [0, 0.1) is 0 Å². The fourth-order valence-electron chi connectivity index (χ4n) is 2.64. The molecule has 1 fully saturated rings. The quantitative estimate of drug-likeness (QED) is 0.476. The van der Waals surface area contributed by atoms with Crippen LogP contribution in [0.2, 0.25) is 0 Å². The molecule has 6 nitrogen and oxygen atoms in total. The van der Waals surface area contributed by atoms with Crippen molar-refractivity contribution in [1.82, 2.24) is 10.2 Å². The van der Waals surface area contributed by atoms with Gasteiger partial charge in [-0.25, -0.2) is 4.79 Å². The van der Waals surface area contributed by atoms with E-state index in [0.717, 1.165) is 0 Å². The number of carbonyl (C=O) groups is 3. The molecule has 1 aliphatic heterocycles. The van der Waals surface area contributed by atoms with Crippen LogP contribution >= 0.6 is 0 Å². The monoisotopic (exact) mass is 322 g/mol. The van der Waals surface area contributed by atoms with E-state index in [1.807, 2.05) is 0 Å². The van der Waals surface area contributed by atoms with Crippen molar-refractivity contribution in [3.05, 3.63) is 24.9 Å². The number of carbonyl (C=O) groups excluding carboxylic acids is 3. The highest BCUT2D eigenvalue weighted by Gasteiger charge is 2.42. The van der Waals surface area contributed by atoms with E-state index in [2.05, 4.69) is 18.5 Å². The van der Waals surface area contributed by atoms with Crippen LogP contribution < -0.4 is 5.32 Å². The van der Waals surface area contributed by atoms with E-state index in [1.54, 1.807) is 26.8 Å². The maximum absolute atomic E-state index is 12.6. The molecule has 0 aromatic carbocycles. The zero-order chi connectivity index (χ0) is 17.8. The van der Waals surface area contributed by atoms with Crippen molar-refractivity contribution in [2.75, 3.05) is 0 Å². The van der Waals surface area contributed by atoms with Gasteiger partial charge >= 0.3 is 5.97 Å². The zero-order valence-electron chi connectivity index (χ0n) is 14.3. The first-order valence-corrected chi connectivity index (χ1v) is 7.69. The Kier molecular flexibility index (Phi) is 6.12. The van der Waals surface area contributed by atoms with Gasteiger partial charge in [0, 0.05) is 13.0 Å².